The number of allylic oxidation sites excluding steroid dienone is 3. The first-order valence-corrected chi connectivity index (χ1v) is 14.4. The molecule has 0 N–H and O–H groups in total. The maximum atomic E-state index is 13.9. The van der Waals surface area contributed by atoms with Crippen LogP contribution in [0.4, 0.5) is 4.79 Å². The third kappa shape index (κ3) is 4.78. The highest BCUT2D eigenvalue weighted by atomic mass is 16.5. The SMILES string of the molecule is CCN1C(=O)N2CC(C=C(C)OC)=C(COC)C(C)C=C2C12CCN(C(=O)C1=NN(C)C3CC=CCC3=C1)CC2. The fourth-order valence-corrected chi connectivity index (χ4v) is 6.98. The molecular weight excluding hydrogens is 506 g/mol. The van der Waals surface area contributed by atoms with E-state index in [-0.39, 0.29) is 23.9 Å². The number of carbonyl (C=O) groups excluding carboxylic acids is 2. The maximum Gasteiger partial charge on any atom is 0.325 e. The Morgan fingerprint density at radius 3 is 2.65 bits per heavy atom. The lowest BCUT2D eigenvalue weighted by Gasteiger charge is -2.44. The minimum atomic E-state index is -0.437. The molecule has 2 saturated heterocycles. The first-order valence-electron chi connectivity index (χ1n) is 14.4. The van der Waals surface area contributed by atoms with Gasteiger partial charge < -0.3 is 19.3 Å². The van der Waals surface area contributed by atoms with E-state index >= 15 is 0 Å². The second-order valence-corrected chi connectivity index (χ2v) is 11.4. The van der Waals surface area contributed by atoms with Gasteiger partial charge in [0.1, 0.15) is 5.71 Å². The van der Waals surface area contributed by atoms with Gasteiger partial charge in [-0.3, -0.25) is 14.7 Å². The zero-order chi connectivity index (χ0) is 28.6. The van der Waals surface area contributed by atoms with Crippen molar-refractivity contribution in [2.75, 3.05) is 54.1 Å². The van der Waals surface area contributed by atoms with E-state index in [0.717, 1.165) is 35.4 Å². The standard InChI is InChI=1S/C31H43N5O4/c1-7-36-30(38)35-19-24(17-22(3)40-6)25(20-39-5)21(2)16-28(35)31(36)12-14-34(15-13-31)29(37)26-18-23-10-8-9-11-27(23)33(4)32-26/h8-9,16-18,21,27H,7,10-15,19-20H2,1-6H3. The molecular formula is C31H43N5O4. The number of carbonyl (C=O) groups is 2. The van der Waals surface area contributed by atoms with Crippen LogP contribution < -0.4 is 0 Å². The third-order valence-corrected chi connectivity index (χ3v) is 9.20. The lowest BCUT2D eigenvalue weighted by atomic mass is 9.82. The van der Waals surface area contributed by atoms with Crippen LogP contribution >= 0.6 is 0 Å². The predicted molar refractivity (Wildman–Crippen MR) is 155 cm³/mol. The lowest BCUT2D eigenvalue weighted by molar-refractivity contribution is -0.126. The molecule has 3 amide bonds. The van der Waals surface area contributed by atoms with E-state index in [1.165, 1.54) is 5.57 Å². The van der Waals surface area contributed by atoms with Crippen LogP contribution in [0.25, 0.3) is 0 Å². The Morgan fingerprint density at radius 2 is 1.98 bits per heavy atom. The largest absolute Gasteiger partial charge is 0.501 e. The number of ether oxygens (including phenoxy) is 2. The van der Waals surface area contributed by atoms with E-state index in [2.05, 4.69) is 30.3 Å². The zero-order valence-corrected chi connectivity index (χ0v) is 24.8. The number of hydrazone groups is 1. The number of amides is 3. The summed E-state index contributed by atoms with van der Waals surface area (Å²) >= 11 is 0. The number of likely N-dealkylation sites (N-methyl/N-ethyl adjacent to an activating group) is 2. The Kier molecular flexibility index (Phi) is 7.95. The highest BCUT2D eigenvalue weighted by molar-refractivity contribution is 6.43. The van der Waals surface area contributed by atoms with Crippen molar-refractivity contribution in [3.05, 3.63) is 58.6 Å². The number of piperidine rings is 1. The van der Waals surface area contributed by atoms with Gasteiger partial charge in [-0.25, -0.2) is 4.79 Å². The molecule has 4 aliphatic heterocycles. The number of hydrogen-bond donors (Lipinski definition) is 0. The Morgan fingerprint density at radius 1 is 1.23 bits per heavy atom. The fourth-order valence-electron chi connectivity index (χ4n) is 6.98. The molecule has 5 rings (SSSR count). The quantitative estimate of drug-likeness (QED) is 0.369. The summed E-state index contributed by atoms with van der Waals surface area (Å²) < 4.78 is 11.0. The van der Waals surface area contributed by atoms with Crippen LogP contribution in [0.15, 0.2) is 63.7 Å². The van der Waals surface area contributed by atoms with Gasteiger partial charge in [0.15, 0.2) is 0 Å². The van der Waals surface area contributed by atoms with Gasteiger partial charge in [0.25, 0.3) is 5.91 Å². The number of fused-ring (bicyclic) bond motifs is 3. The second-order valence-electron chi connectivity index (χ2n) is 11.4. The van der Waals surface area contributed by atoms with Crippen LogP contribution in [-0.2, 0) is 14.3 Å². The Hall–Kier alpha value is -3.33. The second kappa shape index (κ2) is 11.3. The highest BCUT2D eigenvalue weighted by Crippen LogP contribution is 2.46. The summed E-state index contributed by atoms with van der Waals surface area (Å²) in [5.41, 5.74) is 4.58. The van der Waals surface area contributed by atoms with E-state index in [9.17, 15) is 9.59 Å². The molecule has 1 aliphatic carbocycles. The molecule has 2 atom stereocenters. The van der Waals surface area contributed by atoms with Crippen LogP contribution in [0.3, 0.4) is 0 Å². The van der Waals surface area contributed by atoms with Gasteiger partial charge in [-0.05, 0) is 74.3 Å². The van der Waals surface area contributed by atoms with Crippen molar-refractivity contribution in [3.8, 4) is 0 Å². The van der Waals surface area contributed by atoms with Gasteiger partial charge in [0.2, 0.25) is 0 Å². The molecule has 2 fully saturated rings. The monoisotopic (exact) mass is 549 g/mol. The van der Waals surface area contributed by atoms with Gasteiger partial charge in [0.05, 0.1) is 37.6 Å². The molecule has 0 aromatic heterocycles. The van der Waals surface area contributed by atoms with Crippen molar-refractivity contribution in [2.24, 2.45) is 11.0 Å². The lowest BCUT2D eigenvalue weighted by Crippen LogP contribution is -2.55. The summed E-state index contributed by atoms with van der Waals surface area (Å²) in [7, 11) is 5.32. The normalized spacial score (nSPS) is 26.4. The number of nitrogens with zero attached hydrogens (tertiary/aromatic N) is 5. The van der Waals surface area contributed by atoms with Crippen molar-refractivity contribution in [3.63, 3.8) is 0 Å². The van der Waals surface area contributed by atoms with E-state index in [1.54, 1.807) is 14.2 Å². The van der Waals surface area contributed by atoms with Gasteiger partial charge in [0, 0.05) is 39.5 Å². The number of hydrogen-bond acceptors (Lipinski definition) is 6. The number of likely N-dealkylation sites (tertiary alicyclic amines) is 1. The summed E-state index contributed by atoms with van der Waals surface area (Å²) in [6.45, 7) is 8.87. The maximum absolute atomic E-state index is 13.9. The fraction of sp³-hybridized carbons (Fsp3) is 0.581. The topological polar surface area (TPSA) is 77.9 Å². The average Bonchev–Trinajstić information content (AvgIpc) is 3.06. The average molecular weight is 550 g/mol. The summed E-state index contributed by atoms with van der Waals surface area (Å²) in [5.74, 6) is 0.857. The minimum absolute atomic E-state index is 0.0267. The highest BCUT2D eigenvalue weighted by Gasteiger charge is 2.55. The molecule has 40 heavy (non-hydrogen) atoms. The van der Waals surface area contributed by atoms with Crippen molar-refractivity contribution >= 4 is 17.6 Å². The molecule has 5 aliphatic rings. The van der Waals surface area contributed by atoms with Crippen molar-refractivity contribution in [2.45, 2.75) is 58.0 Å². The molecule has 9 heteroatoms. The summed E-state index contributed by atoms with van der Waals surface area (Å²) in [4.78, 5) is 33.4. The van der Waals surface area contributed by atoms with Gasteiger partial charge >= 0.3 is 6.03 Å². The van der Waals surface area contributed by atoms with Gasteiger partial charge in [-0.15, -0.1) is 0 Å². The number of urea groups is 1. The van der Waals surface area contributed by atoms with Crippen LogP contribution in [0, 0.1) is 5.92 Å². The van der Waals surface area contributed by atoms with Crippen molar-refractivity contribution in [1.82, 2.24) is 19.7 Å². The van der Waals surface area contributed by atoms with E-state index in [0.29, 0.717) is 51.3 Å². The number of methoxy groups -OCH3 is 2. The molecule has 4 heterocycles. The minimum Gasteiger partial charge on any atom is -0.501 e. The molecule has 1 spiro atoms. The first kappa shape index (κ1) is 28.2. The van der Waals surface area contributed by atoms with Crippen molar-refractivity contribution in [1.29, 1.82) is 0 Å². The molecule has 0 radical (unpaired) electrons. The molecule has 2 unspecified atom stereocenters. The van der Waals surface area contributed by atoms with E-state index in [1.807, 2.05) is 52.8 Å². The third-order valence-electron chi connectivity index (χ3n) is 9.20. The van der Waals surface area contributed by atoms with Gasteiger partial charge in [-0.1, -0.05) is 25.2 Å². The molecule has 9 nitrogen and oxygen atoms in total. The summed E-state index contributed by atoms with van der Waals surface area (Å²) in [5, 5.41) is 6.59. The van der Waals surface area contributed by atoms with Crippen LogP contribution in [-0.4, -0.2) is 103 Å². The summed E-state index contributed by atoms with van der Waals surface area (Å²) in [6, 6.07) is 0.271. The Balaban J connectivity index is 1.40. The molecule has 216 valence electrons. The van der Waals surface area contributed by atoms with Crippen LogP contribution in [0.1, 0.15) is 46.5 Å². The number of rotatable bonds is 6. The summed E-state index contributed by atoms with van der Waals surface area (Å²) in [6.07, 6.45) is 13.8. The predicted octanol–water partition coefficient (Wildman–Crippen LogP) is 4.08. The smallest absolute Gasteiger partial charge is 0.325 e. The van der Waals surface area contributed by atoms with E-state index < -0.39 is 5.54 Å². The zero-order valence-electron chi connectivity index (χ0n) is 24.8. The molecule has 0 saturated carbocycles. The molecule has 0 bridgehead atoms. The van der Waals surface area contributed by atoms with Gasteiger partial charge in [-0.2, -0.15) is 5.10 Å². The Labute approximate surface area is 238 Å². The van der Waals surface area contributed by atoms with Crippen LogP contribution in [0.2, 0.25) is 0 Å². The first-order chi connectivity index (χ1) is 19.2. The van der Waals surface area contributed by atoms with Crippen molar-refractivity contribution < 1.29 is 19.1 Å². The molecule has 0 aromatic carbocycles. The molecule has 0 aromatic rings. The Bertz CT molecular complexity index is 1230. The van der Waals surface area contributed by atoms with Crippen LogP contribution in [0.5, 0.6) is 0 Å². The van der Waals surface area contributed by atoms with E-state index in [4.69, 9.17) is 9.47 Å².